The molecule has 0 unspecified atom stereocenters. The van der Waals surface area contributed by atoms with E-state index >= 15 is 0 Å². The summed E-state index contributed by atoms with van der Waals surface area (Å²) < 4.78 is 5.12. The van der Waals surface area contributed by atoms with Crippen molar-refractivity contribution in [1.29, 1.82) is 10.5 Å². The van der Waals surface area contributed by atoms with E-state index in [1.165, 1.54) is 0 Å². The smallest absolute Gasteiger partial charge is 0.123 e. The summed E-state index contributed by atoms with van der Waals surface area (Å²) in [5.41, 5.74) is 2.22. The van der Waals surface area contributed by atoms with Crippen molar-refractivity contribution in [3.8, 4) is 17.9 Å². The number of benzene rings is 1. The maximum Gasteiger partial charge on any atom is 0.123 e. The van der Waals surface area contributed by atoms with E-state index in [1.54, 1.807) is 19.2 Å². The van der Waals surface area contributed by atoms with E-state index in [-0.39, 0.29) is 6.42 Å². The predicted molar refractivity (Wildman–Crippen MR) is 51.8 cm³/mol. The summed E-state index contributed by atoms with van der Waals surface area (Å²) >= 11 is 0. The Bertz CT molecular complexity index is 424. The molecule has 0 bridgehead atoms. The van der Waals surface area contributed by atoms with Gasteiger partial charge in [-0.3, -0.25) is 0 Å². The Kier molecular flexibility index (Phi) is 3.09. The lowest BCUT2D eigenvalue weighted by Gasteiger charge is -2.09. The third kappa shape index (κ3) is 1.67. The predicted octanol–water partition coefficient (Wildman–Crippen LogP) is 1.94. The van der Waals surface area contributed by atoms with E-state index in [9.17, 15) is 0 Å². The van der Waals surface area contributed by atoms with E-state index in [1.807, 2.05) is 6.92 Å². The number of nitriles is 2. The SMILES string of the molecule is COc1ccc(C#N)c(C)c1CC#N. The van der Waals surface area contributed by atoms with Crippen LogP contribution in [0.15, 0.2) is 12.1 Å². The summed E-state index contributed by atoms with van der Waals surface area (Å²) in [6.45, 7) is 1.83. The summed E-state index contributed by atoms with van der Waals surface area (Å²) in [4.78, 5) is 0. The van der Waals surface area contributed by atoms with Crippen LogP contribution in [0.25, 0.3) is 0 Å². The molecule has 1 aromatic rings. The Balaban J connectivity index is 3.34. The van der Waals surface area contributed by atoms with Gasteiger partial charge >= 0.3 is 0 Å². The fourth-order valence-electron chi connectivity index (χ4n) is 1.34. The molecule has 1 rings (SSSR count). The molecule has 1 aromatic carbocycles. The van der Waals surface area contributed by atoms with Crippen molar-refractivity contribution in [3.63, 3.8) is 0 Å². The molecule has 0 aliphatic heterocycles. The van der Waals surface area contributed by atoms with Crippen molar-refractivity contribution < 1.29 is 4.74 Å². The Morgan fingerprint density at radius 1 is 1.36 bits per heavy atom. The molecule has 0 heterocycles. The standard InChI is InChI=1S/C11H10N2O/c1-8-9(7-13)3-4-11(14-2)10(8)5-6-12/h3-4H,5H2,1-2H3. The van der Waals surface area contributed by atoms with Gasteiger partial charge in [-0.05, 0) is 24.6 Å². The van der Waals surface area contributed by atoms with Crippen LogP contribution in [-0.4, -0.2) is 7.11 Å². The van der Waals surface area contributed by atoms with Crippen LogP contribution in [0.1, 0.15) is 16.7 Å². The summed E-state index contributed by atoms with van der Waals surface area (Å²) in [5, 5.41) is 17.4. The van der Waals surface area contributed by atoms with Crippen LogP contribution in [0.2, 0.25) is 0 Å². The molecule has 0 N–H and O–H groups in total. The lowest BCUT2D eigenvalue weighted by molar-refractivity contribution is 0.410. The van der Waals surface area contributed by atoms with Gasteiger partial charge in [-0.1, -0.05) is 0 Å². The van der Waals surface area contributed by atoms with Gasteiger partial charge in [0.1, 0.15) is 5.75 Å². The van der Waals surface area contributed by atoms with Gasteiger partial charge in [-0.25, -0.2) is 0 Å². The zero-order valence-electron chi connectivity index (χ0n) is 8.16. The minimum atomic E-state index is 0.268. The molecule has 0 saturated heterocycles. The highest BCUT2D eigenvalue weighted by atomic mass is 16.5. The molecule has 0 aromatic heterocycles. The maximum absolute atomic E-state index is 8.80. The van der Waals surface area contributed by atoms with Gasteiger partial charge in [0.25, 0.3) is 0 Å². The average Bonchev–Trinajstić information content (AvgIpc) is 2.21. The number of ether oxygens (including phenoxy) is 1. The van der Waals surface area contributed by atoms with Gasteiger partial charge in [0, 0.05) is 5.56 Å². The Hall–Kier alpha value is -2.00. The number of hydrogen-bond donors (Lipinski definition) is 0. The van der Waals surface area contributed by atoms with Crippen LogP contribution in [0, 0.1) is 29.6 Å². The fraction of sp³-hybridized carbons (Fsp3) is 0.273. The van der Waals surface area contributed by atoms with Crippen LogP contribution in [0.4, 0.5) is 0 Å². The molecule has 0 amide bonds. The van der Waals surface area contributed by atoms with E-state index in [2.05, 4.69) is 12.1 Å². The minimum absolute atomic E-state index is 0.268. The van der Waals surface area contributed by atoms with Crippen molar-refractivity contribution in [2.45, 2.75) is 13.3 Å². The second-order valence-corrected chi connectivity index (χ2v) is 2.87. The van der Waals surface area contributed by atoms with E-state index in [0.29, 0.717) is 11.3 Å². The fourth-order valence-corrected chi connectivity index (χ4v) is 1.34. The van der Waals surface area contributed by atoms with Crippen molar-refractivity contribution in [2.75, 3.05) is 7.11 Å². The molecule has 0 aliphatic carbocycles. The highest BCUT2D eigenvalue weighted by Crippen LogP contribution is 2.24. The molecule has 0 atom stereocenters. The molecule has 0 fully saturated rings. The number of rotatable bonds is 2. The van der Waals surface area contributed by atoms with Gasteiger partial charge in [-0.15, -0.1) is 0 Å². The number of hydrogen-bond acceptors (Lipinski definition) is 3. The molecule has 3 nitrogen and oxygen atoms in total. The van der Waals surface area contributed by atoms with E-state index < -0.39 is 0 Å². The normalized spacial score (nSPS) is 8.86. The molecule has 70 valence electrons. The zero-order valence-corrected chi connectivity index (χ0v) is 8.16. The molecule has 0 aliphatic rings. The van der Waals surface area contributed by atoms with Crippen LogP contribution in [0.5, 0.6) is 5.75 Å². The van der Waals surface area contributed by atoms with Gasteiger partial charge in [0.2, 0.25) is 0 Å². The van der Waals surface area contributed by atoms with Crippen molar-refractivity contribution in [3.05, 3.63) is 28.8 Å². The Labute approximate surface area is 83.2 Å². The molecule has 0 radical (unpaired) electrons. The monoisotopic (exact) mass is 186 g/mol. The number of nitrogens with zero attached hydrogens (tertiary/aromatic N) is 2. The molecule has 3 heteroatoms. The molecule has 0 saturated carbocycles. The first-order valence-electron chi connectivity index (χ1n) is 4.18. The van der Waals surface area contributed by atoms with Crippen LogP contribution in [0.3, 0.4) is 0 Å². The molecule has 0 spiro atoms. The second-order valence-electron chi connectivity index (χ2n) is 2.87. The second kappa shape index (κ2) is 4.30. The van der Waals surface area contributed by atoms with Crippen molar-refractivity contribution in [2.24, 2.45) is 0 Å². The van der Waals surface area contributed by atoms with Crippen LogP contribution < -0.4 is 4.74 Å². The van der Waals surface area contributed by atoms with Gasteiger partial charge in [0.15, 0.2) is 0 Å². The lowest BCUT2D eigenvalue weighted by Crippen LogP contribution is -1.96. The highest BCUT2D eigenvalue weighted by molar-refractivity contribution is 5.50. The first-order valence-corrected chi connectivity index (χ1v) is 4.18. The maximum atomic E-state index is 8.80. The largest absolute Gasteiger partial charge is 0.496 e. The molecular weight excluding hydrogens is 176 g/mol. The van der Waals surface area contributed by atoms with Crippen molar-refractivity contribution in [1.82, 2.24) is 0 Å². The summed E-state index contributed by atoms with van der Waals surface area (Å²) in [7, 11) is 1.56. The van der Waals surface area contributed by atoms with Crippen LogP contribution >= 0.6 is 0 Å². The minimum Gasteiger partial charge on any atom is -0.496 e. The first-order chi connectivity index (χ1) is 6.74. The zero-order chi connectivity index (χ0) is 10.6. The summed E-state index contributed by atoms with van der Waals surface area (Å²) in [6, 6.07) is 7.57. The third-order valence-corrected chi connectivity index (χ3v) is 2.15. The lowest BCUT2D eigenvalue weighted by atomic mass is 10.00. The van der Waals surface area contributed by atoms with E-state index in [0.717, 1.165) is 11.1 Å². The van der Waals surface area contributed by atoms with Crippen molar-refractivity contribution >= 4 is 0 Å². The average molecular weight is 186 g/mol. The summed E-state index contributed by atoms with van der Waals surface area (Å²) in [5.74, 6) is 0.669. The topological polar surface area (TPSA) is 56.8 Å². The Morgan fingerprint density at radius 2 is 2.07 bits per heavy atom. The third-order valence-electron chi connectivity index (χ3n) is 2.15. The molecule has 14 heavy (non-hydrogen) atoms. The number of methoxy groups -OCH3 is 1. The highest BCUT2D eigenvalue weighted by Gasteiger charge is 2.09. The summed E-state index contributed by atoms with van der Waals surface area (Å²) in [6.07, 6.45) is 0.268. The van der Waals surface area contributed by atoms with Gasteiger partial charge < -0.3 is 4.74 Å². The van der Waals surface area contributed by atoms with Gasteiger partial charge in [-0.2, -0.15) is 10.5 Å². The van der Waals surface area contributed by atoms with E-state index in [4.69, 9.17) is 15.3 Å². The van der Waals surface area contributed by atoms with Gasteiger partial charge in [0.05, 0.1) is 31.2 Å². The first kappa shape index (κ1) is 10.1. The quantitative estimate of drug-likeness (QED) is 0.709. The van der Waals surface area contributed by atoms with Crippen LogP contribution in [-0.2, 0) is 6.42 Å². The molecular formula is C11H10N2O. The Morgan fingerprint density at radius 3 is 2.57 bits per heavy atom.